The second-order valence-corrected chi connectivity index (χ2v) is 6.38. The number of nitrogens with zero attached hydrogens (tertiary/aromatic N) is 1. The van der Waals surface area contributed by atoms with E-state index in [4.69, 9.17) is 0 Å². The molecule has 3 heteroatoms. The molecular formula is C18H28N2O. The van der Waals surface area contributed by atoms with Crippen LogP contribution in [0, 0.1) is 12.8 Å². The van der Waals surface area contributed by atoms with Gasteiger partial charge < -0.3 is 5.32 Å². The van der Waals surface area contributed by atoms with Gasteiger partial charge in [-0.1, -0.05) is 43.2 Å². The second kappa shape index (κ2) is 7.60. The quantitative estimate of drug-likeness (QED) is 0.796. The molecule has 0 spiro atoms. The largest absolute Gasteiger partial charge is 0.348 e. The highest BCUT2D eigenvalue weighted by Gasteiger charge is 2.33. The van der Waals surface area contributed by atoms with E-state index in [9.17, 15) is 4.79 Å². The highest BCUT2D eigenvalue weighted by atomic mass is 16.2. The zero-order valence-electron chi connectivity index (χ0n) is 13.6. The van der Waals surface area contributed by atoms with Crippen molar-refractivity contribution >= 4 is 5.91 Å². The van der Waals surface area contributed by atoms with E-state index < -0.39 is 0 Å². The van der Waals surface area contributed by atoms with Crippen molar-refractivity contribution in [2.24, 2.45) is 5.92 Å². The molecule has 116 valence electrons. The molecular weight excluding hydrogens is 260 g/mol. The Labute approximate surface area is 128 Å². The first-order valence-electron chi connectivity index (χ1n) is 8.14. The number of rotatable bonds is 8. The third-order valence-corrected chi connectivity index (χ3v) is 4.15. The van der Waals surface area contributed by atoms with Crippen LogP contribution < -0.4 is 5.32 Å². The van der Waals surface area contributed by atoms with Crippen molar-refractivity contribution in [2.75, 3.05) is 20.1 Å². The highest BCUT2D eigenvalue weighted by molar-refractivity contribution is 5.78. The summed E-state index contributed by atoms with van der Waals surface area (Å²) < 4.78 is 0. The number of hydrogen-bond acceptors (Lipinski definition) is 2. The van der Waals surface area contributed by atoms with Crippen molar-refractivity contribution in [3.63, 3.8) is 0 Å². The molecule has 1 aliphatic rings. The van der Waals surface area contributed by atoms with Crippen LogP contribution in [0.4, 0.5) is 0 Å². The summed E-state index contributed by atoms with van der Waals surface area (Å²) in [6, 6.07) is 8.76. The molecule has 1 fully saturated rings. The number of carbonyl (C=O) groups excluding carboxylic acids is 1. The number of aryl methyl sites for hydroxylation is 1. The zero-order valence-corrected chi connectivity index (χ0v) is 13.6. The van der Waals surface area contributed by atoms with Crippen molar-refractivity contribution in [3.8, 4) is 0 Å². The molecule has 0 heterocycles. The first kappa shape index (κ1) is 16.0. The molecule has 21 heavy (non-hydrogen) atoms. The maximum Gasteiger partial charge on any atom is 0.234 e. The normalized spacial score (nSPS) is 16.0. The van der Waals surface area contributed by atoms with E-state index >= 15 is 0 Å². The fourth-order valence-electron chi connectivity index (χ4n) is 2.65. The molecule has 1 aliphatic carbocycles. The Hall–Kier alpha value is -1.35. The first-order chi connectivity index (χ1) is 10.1. The van der Waals surface area contributed by atoms with Crippen molar-refractivity contribution < 1.29 is 4.79 Å². The predicted molar refractivity (Wildman–Crippen MR) is 87.2 cm³/mol. The van der Waals surface area contributed by atoms with Gasteiger partial charge in [-0.05, 0) is 51.3 Å². The summed E-state index contributed by atoms with van der Waals surface area (Å²) in [5.74, 6) is 0.767. The van der Waals surface area contributed by atoms with E-state index in [-0.39, 0.29) is 11.9 Å². The summed E-state index contributed by atoms with van der Waals surface area (Å²) in [5, 5.41) is 3.24. The van der Waals surface area contributed by atoms with Gasteiger partial charge in [0, 0.05) is 0 Å². The van der Waals surface area contributed by atoms with E-state index in [2.05, 4.69) is 48.3 Å². The van der Waals surface area contributed by atoms with Crippen molar-refractivity contribution in [1.82, 2.24) is 10.2 Å². The Kier molecular flexibility index (Phi) is 5.80. The van der Waals surface area contributed by atoms with Gasteiger partial charge in [-0.2, -0.15) is 0 Å². The topological polar surface area (TPSA) is 32.3 Å². The van der Waals surface area contributed by atoms with Crippen molar-refractivity contribution in [1.29, 1.82) is 0 Å². The van der Waals surface area contributed by atoms with Crippen LogP contribution in [-0.2, 0) is 4.79 Å². The van der Waals surface area contributed by atoms with E-state index in [0.717, 1.165) is 13.0 Å². The molecule has 1 N–H and O–H groups in total. The van der Waals surface area contributed by atoms with E-state index in [1.807, 2.05) is 7.05 Å². The third kappa shape index (κ3) is 5.16. The Morgan fingerprint density at radius 3 is 2.57 bits per heavy atom. The van der Waals surface area contributed by atoms with Gasteiger partial charge in [0.05, 0.1) is 12.6 Å². The van der Waals surface area contributed by atoms with E-state index in [1.165, 1.54) is 30.4 Å². The van der Waals surface area contributed by atoms with Crippen LogP contribution in [0.1, 0.15) is 49.8 Å². The molecule has 1 aromatic carbocycles. The van der Waals surface area contributed by atoms with Crippen molar-refractivity contribution in [2.45, 2.75) is 45.6 Å². The average molecular weight is 288 g/mol. The maximum atomic E-state index is 12.2. The highest BCUT2D eigenvalue weighted by Crippen LogP contribution is 2.41. The number of benzene rings is 1. The molecule has 0 radical (unpaired) electrons. The Bertz CT molecular complexity index is 451. The lowest BCUT2D eigenvalue weighted by Gasteiger charge is -2.22. The van der Waals surface area contributed by atoms with Crippen molar-refractivity contribution in [3.05, 3.63) is 35.4 Å². The second-order valence-electron chi connectivity index (χ2n) is 6.38. The smallest absolute Gasteiger partial charge is 0.234 e. The molecule has 0 saturated heterocycles. The number of carbonyl (C=O) groups is 1. The van der Waals surface area contributed by atoms with Crippen LogP contribution in [0.3, 0.4) is 0 Å². The number of hydrogen-bond donors (Lipinski definition) is 1. The van der Waals surface area contributed by atoms with Crippen LogP contribution in [-0.4, -0.2) is 30.9 Å². The Balaban J connectivity index is 1.91. The molecule has 1 aromatic rings. The molecule has 1 atom stereocenters. The summed E-state index contributed by atoms with van der Waals surface area (Å²) in [7, 11) is 2.02. The van der Waals surface area contributed by atoms with Crippen LogP contribution >= 0.6 is 0 Å². The average Bonchev–Trinajstić information content (AvgIpc) is 3.28. The van der Waals surface area contributed by atoms with Gasteiger partial charge in [0.15, 0.2) is 0 Å². The molecule has 0 aromatic heterocycles. The summed E-state index contributed by atoms with van der Waals surface area (Å²) >= 11 is 0. The SMILES string of the molecule is CCCCN(C)CC(=O)NC(c1ccc(C)cc1)C1CC1. The molecule has 1 unspecified atom stereocenters. The summed E-state index contributed by atoms with van der Waals surface area (Å²) in [6.07, 6.45) is 4.77. The summed E-state index contributed by atoms with van der Waals surface area (Å²) in [5.41, 5.74) is 2.51. The summed E-state index contributed by atoms with van der Waals surface area (Å²) in [6.45, 7) is 5.75. The van der Waals surface area contributed by atoms with Crippen LogP contribution in [0.15, 0.2) is 24.3 Å². The van der Waals surface area contributed by atoms with Gasteiger partial charge in [-0.15, -0.1) is 0 Å². The van der Waals surface area contributed by atoms with Gasteiger partial charge >= 0.3 is 0 Å². The monoisotopic (exact) mass is 288 g/mol. The standard InChI is InChI=1S/C18H28N2O/c1-4-5-12-20(3)13-17(21)19-18(16-10-11-16)15-8-6-14(2)7-9-15/h6-9,16,18H,4-5,10-13H2,1-3H3,(H,19,21). The minimum absolute atomic E-state index is 0.145. The fraction of sp³-hybridized carbons (Fsp3) is 0.611. The lowest BCUT2D eigenvalue weighted by atomic mass is 10.0. The molecule has 3 nitrogen and oxygen atoms in total. The number of likely N-dealkylation sites (N-methyl/N-ethyl adjacent to an activating group) is 1. The molecule has 0 aliphatic heterocycles. The molecule has 2 rings (SSSR count). The summed E-state index contributed by atoms with van der Waals surface area (Å²) in [4.78, 5) is 14.4. The number of unbranched alkanes of at least 4 members (excludes halogenated alkanes) is 1. The minimum atomic E-state index is 0.145. The minimum Gasteiger partial charge on any atom is -0.348 e. The van der Waals surface area contributed by atoms with E-state index in [1.54, 1.807) is 0 Å². The lowest BCUT2D eigenvalue weighted by molar-refractivity contribution is -0.122. The Morgan fingerprint density at radius 2 is 2.00 bits per heavy atom. The fourth-order valence-corrected chi connectivity index (χ4v) is 2.65. The third-order valence-electron chi connectivity index (χ3n) is 4.15. The van der Waals surface area contributed by atoms with Gasteiger partial charge in [0.2, 0.25) is 5.91 Å². The van der Waals surface area contributed by atoms with Gasteiger partial charge in [0.1, 0.15) is 0 Å². The predicted octanol–water partition coefficient (Wildman–Crippen LogP) is 3.29. The van der Waals surface area contributed by atoms with Crippen LogP contribution in [0.2, 0.25) is 0 Å². The number of amides is 1. The first-order valence-corrected chi connectivity index (χ1v) is 8.14. The maximum absolute atomic E-state index is 12.2. The molecule has 1 saturated carbocycles. The van der Waals surface area contributed by atoms with Gasteiger partial charge in [0.25, 0.3) is 0 Å². The van der Waals surface area contributed by atoms with Crippen LogP contribution in [0.5, 0.6) is 0 Å². The van der Waals surface area contributed by atoms with Gasteiger partial charge in [-0.3, -0.25) is 9.69 Å². The molecule has 1 amide bonds. The lowest BCUT2D eigenvalue weighted by Crippen LogP contribution is -2.38. The number of nitrogens with one attached hydrogen (secondary N) is 1. The van der Waals surface area contributed by atoms with Gasteiger partial charge in [-0.25, -0.2) is 0 Å². The Morgan fingerprint density at radius 1 is 1.33 bits per heavy atom. The zero-order chi connectivity index (χ0) is 15.2. The van der Waals surface area contributed by atoms with Crippen LogP contribution in [0.25, 0.3) is 0 Å². The van der Waals surface area contributed by atoms with E-state index in [0.29, 0.717) is 12.5 Å². The molecule has 0 bridgehead atoms.